The first-order chi connectivity index (χ1) is 12.9. The van der Waals surface area contributed by atoms with E-state index in [1.807, 2.05) is 0 Å². The number of guanidine groups is 1. The Kier molecular flexibility index (Phi) is 7.00. The van der Waals surface area contributed by atoms with Crippen LogP contribution in [0, 0.1) is 11.8 Å². The Balaban J connectivity index is 1.58. The topological polar surface area (TPSA) is 90.9 Å². The number of aliphatic imine (C=N–C) groups is 1. The summed E-state index contributed by atoms with van der Waals surface area (Å²) >= 11 is 0. The second-order valence-corrected chi connectivity index (χ2v) is 10.6. The van der Waals surface area contributed by atoms with E-state index in [1.165, 1.54) is 25.7 Å². The summed E-state index contributed by atoms with van der Waals surface area (Å²) in [6.45, 7) is 2.40. The van der Waals surface area contributed by atoms with Crippen LogP contribution in [0.15, 0.2) is 4.99 Å². The molecule has 2 saturated heterocycles. The van der Waals surface area contributed by atoms with E-state index in [1.54, 1.807) is 7.05 Å². The van der Waals surface area contributed by atoms with E-state index in [-0.39, 0.29) is 17.6 Å². The highest BCUT2D eigenvalue weighted by molar-refractivity contribution is 7.91. The minimum atomic E-state index is -2.85. The summed E-state index contributed by atoms with van der Waals surface area (Å²) in [7, 11) is -1.16. The fraction of sp³-hybridized carbons (Fsp3) is 0.895. The molecule has 1 atom stereocenters. The largest absolute Gasteiger partial charge is 0.359 e. The Morgan fingerprint density at radius 3 is 2.37 bits per heavy atom. The first-order valence-corrected chi connectivity index (χ1v) is 12.2. The summed E-state index contributed by atoms with van der Waals surface area (Å²) in [5.74, 6) is 2.25. The lowest BCUT2D eigenvalue weighted by Crippen LogP contribution is -2.49. The van der Waals surface area contributed by atoms with Crippen molar-refractivity contribution in [2.24, 2.45) is 16.8 Å². The van der Waals surface area contributed by atoms with Crippen LogP contribution in [0.2, 0.25) is 0 Å². The molecule has 1 saturated carbocycles. The first-order valence-electron chi connectivity index (χ1n) is 10.4. The van der Waals surface area contributed by atoms with E-state index in [0.29, 0.717) is 30.7 Å². The molecule has 154 valence electrons. The lowest BCUT2D eigenvalue weighted by atomic mass is 9.93. The molecular formula is C19H34N4O3S. The van der Waals surface area contributed by atoms with Crippen LogP contribution in [-0.4, -0.2) is 69.4 Å². The molecule has 8 heteroatoms. The van der Waals surface area contributed by atoms with Crippen LogP contribution in [0.3, 0.4) is 0 Å². The third kappa shape index (κ3) is 6.09. The maximum absolute atomic E-state index is 11.7. The third-order valence-electron chi connectivity index (χ3n) is 6.18. The standard InChI is InChI=1S/C19H34N4O3S/c1-20-18(24)12-15-6-9-23(10-7-15)19(22-17-4-2-3-5-17)21-13-16-8-11-27(25,26)14-16/h15-17H,2-14H2,1H3,(H,20,24)(H,21,22). The highest BCUT2D eigenvalue weighted by Gasteiger charge is 2.29. The van der Waals surface area contributed by atoms with Gasteiger partial charge in [0.2, 0.25) is 5.91 Å². The summed E-state index contributed by atoms with van der Waals surface area (Å²) in [5, 5.41) is 6.36. The second kappa shape index (κ2) is 9.26. The molecular weight excluding hydrogens is 364 g/mol. The molecule has 0 spiro atoms. The zero-order valence-corrected chi connectivity index (χ0v) is 17.3. The van der Waals surface area contributed by atoms with E-state index >= 15 is 0 Å². The average molecular weight is 399 g/mol. The summed E-state index contributed by atoms with van der Waals surface area (Å²) in [6.07, 6.45) is 8.23. The molecule has 27 heavy (non-hydrogen) atoms. The van der Waals surface area contributed by atoms with E-state index in [4.69, 9.17) is 4.99 Å². The average Bonchev–Trinajstić information content (AvgIpc) is 3.28. The van der Waals surface area contributed by atoms with Gasteiger partial charge in [0.05, 0.1) is 11.5 Å². The molecule has 3 aliphatic rings. The number of likely N-dealkylation sites (tertiary alicyclic amines) is 1. The predicted octanol–water partition coefficient (Wildman–Crippen LogP) is 1.16. The Bertz CT molecular complexity index is 635. The number of rotatable bonds is 5. The molecule has 2 aliphatic heterocycles. The molecule has 1 aliphatic carbocycles. The quantitative estimate of drug-likeness (QED) is 0.536. The fourth-order valence-electron chi connectivity index (χ4n) is 4.43. The molecule has 0 aromatic rings. The highest BCUT2D eigenvalue weighted by Crippen LogP contribution is 2.23. The van der Waals surface area contributed by atoms with Gasteiger partial charge in [-0.1, -0.05) is 12.8 Å². The fourth-order valence-corrected chi connectivity index (χ4v) is 6.28. The monoisotopic (exact) mass is 398 g/mol. The number of hydrogen-bond acceptors (Lipinski definition) is 4. The van der Waals surface area contributed by atoms with E-state index in [0.717, 1.165) is 38.3 Å². The molecule has 0 aromatic carbocycles. The molecule has 2 N–H and O–H groups in total. The normalized spacial score (nSPS) is 27.1. The number of carbonyl (C=O) groups excluding carboxylic acids is 1. The van der Waals surface area contributed by atoms with Crippen molar-refractivity contribution in [2.75, 3.05) is 38.2 Å². The minimum absolute atomic E-state index is 0.119. The summed E-state index contributed by atoms with van der Waals surface area (Å²) in [5.41, 5.74) is 0. The zero-order valence-electron chi connectivity index (χ0n) is 16.5. The minimum Gasteiger partial charge on any atom is -0.359 e. The molecule has 0 aromatic heterocycles. The lowest BCUT2D eigenvalue weighted by molar-refractivity contribution is -0.121. The molecule has 7 nitrogen and oxygen atoms in total. The second-order valence-electron chi connectivity index (χ2n) is 8.37. The van der Waals surface area contributed by atoms with Crippen molar-refractivity contribution < 1.29 is 13.2 Å². The number of carbonyl (C=O) groups is 1. The van der Waals surface area contributed by atoms with Crippen molar-refractivity contribution >= 4 is 21.7 Å². The van der Waals surface area contributed by atoms with Gasteiger partial charge in [-0.05, 0) is 43.9 Å². The number of nitrogens with zero attached hydrogens (tertiary/aromatic N) is 2. The van der Waals surface area contributed by atoms with Crippen molar-refractivity contribution in [3.8, 4) is 0 Å². The number of piperidine rings is 1. The Labute approximate surface area is 163 Å². The number of hydrogen-bond donors (Lipinski definition) is 2. The third-order valence-corrected chi connectivity index (χ3v) is 8.02. The number of amides is 1. The van der Waals surface area contributed by atoms with Gasteiger partial charge >= 0.3 is 0 Å². The van der Waals surface area contributed by atoms with Crippen molar-refractivity contribution in [3.63, 3.8) is 0 Å². The van der Waals surface area contributed by atoms with E-state index in [2.05, 4.69) is 15.5 Å². The summed E-state index contributed by atoms with van der Waals surface area (Å²) < 4.78 is 23.4. The van der Waals surface area contributed by atoms with E-state index < -0.39 is 9.84 Å². The molecule has 1 unspecified atom stereocenters. The lowest BCUT2D eigenvalue weighted by Gasteiger charge is -2.35. The molecule has 0 bridgehead atoms. The van der Waals surface area contributed by atoms with Crippen molar-refractivity contribution in [1.29, 1.82) is 0 Å². The van der Waals surface area contributed by atoms with Crippen LogP contribution >= 0.6 is 0 Å². The van der Waals surface area contributed by atoms with Gasteiger partial charge in [-0.3, -0.25) is 9.79 Å². The van der Waals surface area contributed by atoms with Gasteiger partial charge in [0.25, 0.3) is 0 Å². The first kappa shape index (κ1) is 20.4. The van der Waals surface area contributed by atoms with Gasteiger partial charge in [-0.25, -0.2) is 8.42 Å². The molecule has 0 radical (unpaired) electrons. The number of nitrogens with one attached hydrogen (secondary N) is 2. The van der Waals surface area contributed by atoms with Crippen LogP contribution in [0.5, 0.6) is 0 Å². The molecule has 1 amide bonds. The van der Waals surface area contributed by atoms with Gasteiger partial charge in [0.1, 0.15) is 0 Å². The summed E-state index contributed by atoms with van der Waals surface area (Å²) in [4.78, 5) is 18.8. The van der Waals surface area contributed by atoms with Crippen molar-refractivity contribution in [3.05, 3.63) is 0 Å². The highest BCUT2D eigenvalue weighted by atomic mass is 32.2. The summed E-state index contributed by atoms with van der Waals surface area (Å²) in [6, 6.07) is 0.486. The predicted molar refractivity (Wildman–Crippen MR) is 107 cm³/mol. The van der Waals surface area contributed by atoms with Gasteiger partial charge in [-0.2, -0.15) is 0 Å². The van der Waals surface area contributed by atoms with Gasteiger partial charge < -0.3 is 15.5 Å². The van der Waals surface area contributed by atoms with Crippen LogP contribution in [-0.2, 0) is 14.6 Å². The number of sulfone groups is 1. The Morgan fingerprint density at radius 1 is 1.07 bits per heavy atom. The van der Waals surface area contributed by atoms with E-state index in [9.17, 15) is 13.2 Å². The van der Waals surface area contributed by atoms with Crippen LogP contribution < -0.4 is 10.6 Å². The Morgan fingerprint density at radius 2 is 1.78 bits per heavy atom. The maximum Gasteiger partial charge on any atom is 0.220 e. The SMILES string of the molecule is CNC(=O)CC1CCN(C(=NCC2CCS(=O)(=O)C2)NC2CCCC2)CC1. The van der Waals surface area contributed by atoms with Crippen molar-refractivity contribution in [2.45, 2.75) is 57.4 Å². The van der Waals surface area contributed by atoms with Gasteiger partial charge in [-0.15, -0.1) is 0 Å². The van der Waals surface area contributed by atoms with Gasteiger partial charge in [0.15, 0.2) is 15.8 Å². The van der Waals surface area contributed by atoms with Crippen LogP contribution in [0.25, 0.3) is 0 Å². The van der Waals surface area contributed by atoms with Gasteiger partial charge in [0, 0.05) is 39.1 Å². The smallest absolute Gasteiger partial charge is 0.220 e. The van der Waals surface area contributed by atoms with Crippen LogP contribution in [0.4, 0.5) is 0 Å². The zero-order chi connectivity index (χ0) is 19.3. The van der Waals surface area contributed by atoms with Crippen LogP contribution in [0.1, 0.15) is 51.4 Å². The maximum atomic E-state index is 11.7. The Hall–Kier alpha value is -1.31. The molecule has 2 heterocycles. The molecule has 3 rings (SSSR count). The molecule has 3 fully saturated rings. The van der Waals surface area contributed by atoms with Crippen molar-refractivity contribution in [1.82, 2.24) is 15.5 Å².